The van der Waals surface area contributed by atoms with Crippen LogP contribution in [0.4, 0.5) is 0 Å². The minimum Gasteiger partial charge on any atom is -0.493 e. The van der Waals surface area contributed by atoms with Crippen LogP contribution in [0, 0.1) is 6.92 Å². The number of aliphatic hydroxyl groups excluding tert-OH is 2. The highest BCUT2D eigenvalue weighted by Crippen LogP contribution is 2.36. The highest BCUT2D eigenvalue weighted by molar-refractivity contribution is 6.05. The van der Waals surface area contributed by atoms with Gasteiger partial charge in [0.25, 0.3) is 11.8 Å². The molecule has 2 N–H and O–H groups in total. The van der Waals surface area contributed by atoms with Crippen LogP contribution in [0.3, 0.4) is 0 Å². The second-order valence-electron chi connectivity index (χ2n) is 11.5. The molecule has 222 valence electrons. The Morgan fingerprint density at radius 2 is 1.24 bits per heavy atom. The normalized spacial score (nSPS) is 25.0. The molecule has 0 radical (unpaired) electrons. The van der Waals surface area contributed by atoms with Crippen molar-refractivity contribution in [3.8, 4) is 17.2 Å². The van der Waals surface area contributed by atoms with E-state index in [4.69, 9.17) is 14.2 Å². The summed E-state index contributed by atoms with van der Waals surface area (Å²) in [4.78, 5) is 54.9. The topological polar surface area (TPSA) is 143 Å². The van der Waals surface area contributed by atoms with Crippen LogP contribution in [-0.2, 0) is 22.4 Å². The molecule has 4 aliphatic heterocycles. The number of carbonyl (C=O) groups is 4. The number of ether oxygens (including phenoxy) is 3. The fourth-order valence-corrected chi connectivity index (χ4v) is 6.48. The molecule has 11 nitrogen and oxygen atoms in total. The molecular weight excluding hydrogens is 544 g/mol. The van der Waals surface area contributed by atoms with Crippen molar-refractivity contribution >= 4 is 23.4 Å². The average molecular weight is 579 g/mol. The third-order valence-electron chi connectivity index (χ3n) is 8.61. The number of fused-ring (bicyclic) bond motifs is 4. The van der Waals surface area contributed by atoms with E-state index in [1.807, 2.05) is 6.92 Å². The van der Waals surface area contributed by atoms with Crippen molar-refractivity contribution in [2.24, 2.45) is 0 Å². The minimum absolute atomic E-state index is 0.0696. The first-order chi connectivity index (χ1) is 20.1. The molecule has 0 bridgehead atoms. The molecular formula is C31H34N2O9. The van der Waals surface area contributed by atoms with Crippen LogP contribution in [0.1, 0.15) is 56.7 Å². The molecule has 0 unspecified atom stereocenters. The Labute approximate surface area is 242 Å². The van der Waals surface area contributed by atoms with Gasteiger partial charge >= 0.3 is 0 Å². The Morgan fingerprint density at radius 1 is 0.738 bits per heavy atom. The summed E-state index contributed by atoms with van der Waals surface area (Å²) in [5.74, 6) is 0.644. The molecule has 4 heterocycles. The average Bonchev–Trinajstić information content (AvgIpc) is 3.51. The number of rotatable bonds is 7. The highest BCUT2D eigenvalue weighted by Gasteiger charge is 2.43. The molecule has 2 aromatic carbocycles. The zero-order valence-electron chi connectivity index (χ0n) is 23.6. The van der Waals surface area contributed by atoms with E-state index in [0.717, 1.165) is 5.56 Å². The number of carbonyl (C=O) groups excluding carboxylic acids is 4. The van der Waals surface area contributed by atoms with Crippen LogP contribution in [-0.4, -0.2) is 101 Å². The molecule has 2 amide bonds. The summed E-state index contributed by atoms with van der Waals surface area (Å²) >= 11 is 0. The molecule has 0 spiro atoms. The Bertz CT molecular complexity index is 1470. The van der Waals surface area contributed by atoms with E-state index in [-0.39, 0.29) is 68.8 Å². The van der Waals surface area contributed by atoms with Crippen molar-refractivity contribution < 1.29 is 43.6 Å². The maximum Gasteiger partial charge on any atom is 0.254 e. The van der Waals surface area contributed by atoms with Crippen molar-refractivity contribution in [1.82, 2.24) is 9.80 Å². The van der Waals surface area contributed by atoms with Gasteiger partial charge in [0.05, 0.1) is 44.6 Å². The smallest absolute Gasteiger partial charge is 0.254 e. The Balaban J connectivity index is 1.10. The predicted molar refractivity (Wildman–Crippen MR) is 148 cm³/mol. The Kier molecular flexibility index (Phi) is 7.40. The van der Waals surface area contributed by atoms with E-state index in [1.165, 1.54) is 16.9 Å². The molecule has 2 saturated heterocycles. The van der Waals surface area contributed by atoms with E-state index in [0.29, 0.717) is 52.5 Å². The van der Waals surface area contributed by atoms with Gasteiger partial charge < -0.3 is 34.2 Å². The zero-order valence-corrected chi connectivity index (χ0v) is 23.6. The number of methoxy groups -OCH3 is 1. The predicted octanol–water partition coefficient (Wildman–Crippen LogP) is 1.25. The summed E-state index contributed by atoms with van der Waals surface area (Å²) in [6.45, 7) is 2.73. The Morgan fingerprint density at radius 3 is 1.79 bits per heavy atom. The summed E-state index contributed by atoms with van der Waals surface area (Å²) in [5, 5.41) is 20.0. The van der Waals surface area contributed by atoms with Gasteiger partial charge in [-0.05, 0) is 47.9 Å². The fraction of sp³-hybridized carbons (Fsp3) is 0.484. The second-order valence-corrected chi connectivity index (χ2v) is 11.5. The van der Waals surface area contributed by atoms with Gasteiger partial charge in [0.1, 0.15) is 5.75 Å². The van der Waals surface area contributed by atoms with Crippen LogP contribution in [0.25, 0.3) is 0 Å². The van der Waals surface area contributed by atoms with E-state index in [1.54, 1.807) is 24.3 Å². The van der Waals surface area contributed by atoms with Gasteiger partial charge in [-0.2, -0.15) is 0 Å². The largest absolute Gasteiger partial charge is 0.493 e. The first kappa shape index (κ1) is 28.2. The van der Waals surface area contributed by atoms with Gasteiger partial charge in [-0.3, -0.25) is 19.2 Å². The third kappa shape index (κ3) is 5.00. The number of hydrogen-bond donors (Lipinski definition) is 2. The van der Waals surface area contributed by atoms with E-state index in [9.17, 15) is 29.4 Å². The van der Waals surface area contributed by atoms with Crippen LogP contribution in [0.2, 0.25) is 0 Å². The number of ketones is 2. The summed E-state index contributed by atoms with van der Waals surface area (Å²) in [5.41, 5.74) is 2.81. The lowest BCUT2D eigenvalue weighted by Crippen LogP contribution is -2.39. The third-order valence-corrected chi connectivity index (χ3v) is 8.61. The van der Waals surface area contributed by atoms with Gasteiger partial charge in [-0.1, -0.05) is 0 Å². The first-order valence-electron chi connectivity index (χ1n) is 14.3. The van der Waals surface area contributed by atoms with Crippen LogP contribution >= 0.6 is 0 Å². The van der Waals surface area contributed by atoms with E-state index < -0.39 is 24.3 Å². The number of aryl methyl sites for hydroxylation is 1. The van der Waals surface area contributed by atoms with Gasteiger partial charge in [0.2, 0.25) is 0 Å². The molecule has 6 rings (SSSR count). The molecule has 42 heavy (non-hydrogen) atoms. The second kappa shape index (κ2) is 11.0. The van der Waals surface area contributed by atoms with Crippen LogP contribution in [0.5, 0.6) is 17.2 Å². The van der Waals surface area contributed by atoms with Crippen LogP contribution in [0.15, 0.2) is 24.3 Å². The first-order valence-corrected chi connectivity index (χ1v) is 14.3. The SMILES string of the molecule is COc1cc2c(cc1OCCCOc1cc3c(cc1C)C(=O)N1C[C@H](O)C[C@H]1C(=O)C3)CC(=O)[C@@H]1C[C@@H](O)CN1C2=O. The Hall–Kier alpha value is -3.96. The lowest BCUT2D eigenvalue weighted by Gasteiger charge is -2.21. The standard InChI is InChI=1S/C31H34N2O9/c1-16-6-21-17(7-25(36)23-11-19(34)14-32(23)30(21)38)9-27(16)41-4-3-5-42-29-10-18-8-26(37)24-12-20(35)15-33(24)31(39)22(18)13-28(29)40-2/h6,9-10,13,19-20,23-24,34-35H,3-5,7-8,11-12,14-15H2,1-2H3/t19-,20-,23+,24+/m1/s1. The molecule has 0 saturated carbocycles. The van der Waals surface area contributed by atoms with Crippen molar-refractivity contribution in [3.63, 3.8) is 0 Å². The molecule has 2 fully saturated rings. The molecule has 11 heteroatoms. The van der Waals surface area contributed by atoms with E-state index >= 15 is 0 Å². The monoisotopic (exact) mass is 578 g/mol. The van der Waals surface area contributed by atoms with Gasteiger partial charge in [0.15, 0.2) is 23.1 Å². The van der Waals surface area contributed by atoms with Crippen LogP contribution < -0.4 is 14.2 Å². The number of nitrogens with zero attached hydrogens (tertiary/aromatic N) is 2. The summed E-state index contributed by atoms with van der Waals surface area (Å²) in [7, 11) is 1.48. The summed E-state index contributed by atoms with van der Waals surface area (Å²) in [6.07, 6.45) is -0.183. The summed E-state index contributed by atoms with van der Waals surface area (Å²) < 4.78 is 17.5. The molecule has 4 aliphatic rings. The van der Waals surface area contributed by atoms with Gasteiger partial charge in [-0.15, -0.1) is 0 Å². The van der Waals surface area contributed by atoms with Gasteiger partial charge in [0, 0.05) is 56.3 Å². The van der Waals surface area contributed by atoms with Crippen molar-refractivity contribution in [2.45, 2.75) is 63.3 Å². The van der Waals surface area contributed by atoms with Gasteiger partial charge in [-0.25, -0.2) is 0 Å². The lowest BCUT2D eigenvalue weighted by molar-refractivity contribution is -0.122. The fourth-order valence-electron chi connectivity index (χ4n) is 6.48. The van der Waals surface area contributed by atoms with Crippen molar-refractivity contribution in [3.05, 3.63) is 52.1 Å². The number of Topliss-reactive ketones (excluding diaryl/α,β-unsaturated/α-hetero) is 2. The molecule has 4 atom stereocenters. The highest BCUT2D eigenvalue weighted by atomic mass is 16.5. The summed E-state index contributed by atoms with van der Waals surface area (Å²) in [6, 6.07) is 5.57. The number of hydrogen-bond acceptors (Lipinski definition) is 9. The van der Waals surface area contributed by atoms with E-state index in [2.05, 4.69) is 0 Å². The maximum atomic E-state index is 13.2. The maximum absolute atomic E-state index is 13.2. The number of benzene rings is 2. The zero-order chi connectivity index (χ0) is 29.7. The molecule has 0 aliphatic carbocycles. The number of aliphatic hydroxyl groups is 2. The molecule has 2 aromatic rings. The van der Waals surface area contributed by atoms with Crippen molar-refractivity contribution in [2.75, 3.05) is 33.4 Å². The van der Waals surface area contributed by atoms with Crippen molar-refractivity contribution in [1.29, 1.82) is 0 Å². The quantitative estimate of drug-likeness (QED) is 0.464. The number of amides is 2. The molecule has 0 aromatic heterocycles. The minimum atomic E-state index is -0.705. The lowest BCUT2D eigenvalue weighted by atomic mass is 9.98.